The number of nitro groups is 1. The van der Waals surface area contributed by atoms with Crippen molar-refractivity contribution in [1.82, 2.24) is 4.31 Å². The maximum atomic E-state index is 13.1. The number of nitrogens with zero attached hydrogens (tertiary/aromatic N) is 2. The smallest absolute Gasteiger partial charge is 0.258 e. The van der Waals surface area contributed by atoms with Gasteiger partial charge >= 0.3 is 0 Å². The van der Waals surface area contributed by atoms with Crippen LogP contribution < -0.4 is 0 Å². The Hall–Kier alpha value is -1.90. The SMILES string of the molecule is CC(C)(C)c1ccc(C2SCCN2S(=O)(=O)c2ccc([N+](=O)[O-])cc2)cc1. The van der Waals surface area contributed by atoms with E-state index in [0.29, 0.717) is 12.3 Å². The maximum Gasteiger partial charge on any atom is 0.269 e. The molecule has 1 unspecified atom stereocenters. The summed E-state index contributed by atoms with van der Waals surface area (Å²) in [7, 11) is -3.73. The van der Waals surface area contributed by atoms with E-state index in [1.54, 1.807) is 11.8 Å². The van der Waals surface area contributed by atoms with E-state index in [4.69, 9.17) is 0 Å². The van der Waals surface area contributed by atoms with E-state index in [-0.39, 0.29) is 21.4 Å². The van der Waals surface area contributed by atoms with E-state index < -0.39 is 14.9 Å². The van der Waals surface area contributed by atoms with Crippen LogP contribution >= 0.6 is 11.8 Å². The molecule has 6 nitrogen and oxygen atoms in total. The Kier molecular flexibility index (Phi) is 5.33. The summed E-state index contributed by atoms with van der Waals surface area (Å²) in [5.41, 5.74) is 2.04. The molecule has 1 aliphatic heterocycles. The van der Waals surface area contributed by atoms with Gasteiger partial charge in [0.25, 0.3) is 5.69 Å². The Bertz CT molecular complexity index is 933. The summed E-state index contributed by atoms with van der Waals surface area (Å²) in [6.07, 6.45) is 0. The average molecular weight is 407 g/mol. The second kappa shape index (κ2) is 7.26. The molecule has 8 heteroatoms. The van der Waals surface area contributed by atoms with Crippen molar-refractivity contribution in [3.05, 3.63) is 69.8 Å². The van der Waals surface area contributed by atoms with E-state index in [1.165, 1.54) is 34.1 Å². The van der Waals surface area contributed by atoms with Gasteiger partial charge in [0.2, 0.25) is 10.0 Å². The van der Waals surface area contributed by atoms with Gasteiger partial charge in [0.05, 0.1) is 15.2 Å². The van der Waals surface area contributed by atoms with Crippen molar-refractivity contribution in [2.75, 3.05) is 12.3 Å². The highest BCUT2D eigenvalue weighted by Gasteiger charge is 2.37. The van der Waals surface area contributed by atoms with Crippen LogP contribution in [0.25, 0.3) is 0 Å². The fraction of sp³-hybridized carbons (Fsp3) is 0.368. The topological polar surface area (TPSA) is 80.5 Å². The number of rotatable bonds is 4. The second-order valence-electron chi connectivity index (χ2n) is 7.46. The van der Waals surface area contributed by atoms with Gasteiger partial charge in [-0.2, -0.15) is 4.31 Å². The maximum absolute atomic E-state index is 13.1. The minimum atomic E-state index is -3.73. The molecule has 0 amide bonds. The van der Waals surface area contributed by atoms with Crippen molar-refractivity contribution in [3.8, 4) is 0 Å². The first kappa shape index (κ1) is 19.9. The standard InChI is InChI=1S/C19H22N2O4S2/c1-19(2,3)15-6-4-14(5-7-15)18-20(12-13-26-18)27(24,25)17-10-8-16(9-11-17)21(22)23/h4-11,18H,12-13H2,1-3H3. The predicted molar refractivity (Wildman–Crippen MR) is 107 cm³/mol. The summed E-state index contributed by atoms with van der Waals surface area (Å²) in [5, 5.41) is 10.5. The second-order valence-corrected chi connectivity index (χ2v) is 10.5. The van der Waals surface area contributed by atoms with Crippen LogP contribution in [-0.2, 0) is 15.4 Å². The summed E-state index contributed by atoms with van der Waals surface area (Å²) in [4.78, 5) is 10.3. The Morgan fingerprint density at radius 2 is 1.67 bits per heavy atom. The molecule has 144 valence electrons. The predicted octanol–water partition coefficient (Wildman–Crippen LogP) is 4.33. The number of thioether (sulfide) groups is 1. The number of hydrogen-bond donors (Lipinski definition) is 0. The van der Waals surface area contributed by atoms with Crippen LogP contribution in [0.4, 0.5) is 5.69 Å². The van der Waals surface area contributed by atoms with Crippen LogP contribution in [0.2, 0.25) is 0 Å². The highest BCUT2D eigenvalue weighted by Crippen LogP contribution is 2.42. The van der Waals surface area contributed by atoms with E-state index >= 15 is 0 Å². The molecule has 0 saturated carbocycles. The molecule has 1 fully saturated rings. The fourth-order valence-electron chi connectivity index (χ4n) is 2.99. The number of non-ortho nitro benzene ring substituents is 1. The Balaban J connectivity index is 1.90. The fourth-order valence-corrected chi connectivity index (χ4v) is 6.23. The summed E-state index contributed by atoms with van der Waals surface area (Å²) in [5.74, 6) is 0.706. The van der Waals surface area contributed by atoms with Crippen molar-refractivity contribution in [2.24, 2.45) is 0 Å². The molecule has 2 aromatic carbocycles. The van der Waals surface area contributed by atoms with Crippen molar-refractivity contribution >= 4 is 27.5 Å². The van der Waals surface area contributed by atoms with Crippen LogP contribution in [-0.4, -0.2) is 29.9 Å². The Labute approximate surface area is 163 Å². The Morgan fingerprint density at radius 1 is 1.07 bits per heavy atom. The minimum absolute atomic E-state index is 0.0336. The van der Waals surface area contributed by atoms with Crippen LogP contribution in [0.15, 0.2) is 53.4 Å². The van der Waals surface area contributed by atoms with Gasteiger partial charge in [-0.25, -0.2) is 8.42 Å². The molecule has 3 rings (SSSR count). The zero-order chi connectivity index (χ0) is 19.8. The largest absolute Gasteiger partial charge is 0.269 e. The van der Waals surface area contributed by atoms with Gasteiger partial charge in [-0.05, 0) is 28.7 Å². The van der Waals surface area contributed by atoms with E-state index in [1.807, 2.05) is 24.3 Å². The quantitative estimate of drug-likeness (QED) is 0.558. The molecule has 0 bridgehead atoms. The van der Waals surface area contributed by atoms with Crippen molar-refractivity contribution in [1.29, 1.82) is 0 Å². The Morgan fingerprint density at radius 3 is 2.19 bits per heavy atom. The number of sulfonamides is 1. The van der Waals surface area contributed by atoms with Crippen molar-refractivity contribution in [2.45, 2.75) is 36.5 Å². The molecule has 2 aromatic rings. The summed E-state index contributed by atoms with van der Waals surface area (Å²) >= 11 is 1.59. The normalized spacial score (nSPS) is 18.6. The molecule has 0 aliphatic carbocycles. The van der Waals surface area contributed by atoms with Crippen LogP contribution in [0.3, 0.4) is 0 Å². The van der Waals surface area contributed by atoms with Crippen LogP contribution in [0.1, 0.15) is 37.3 Å². The van der Waals surface area contributed by atoms with Crippen LogP contribution in [0.5, 0.6) is 0 Å². The minimum Gasteiger partial charge on any atom is -0.258 e. The summed E-state index contributed by atoms with van der Waals surface area (Å²) in [6.45, 7) is 6.82. The molecule has 27 heavy (non-hydrogen) atoms. The molecule has 1 aliphatic rings. The first-order valence-corrected chi connectivity index (χ1v) is 11.1. The van der Waals surface area contributed by atoms with Crippen molar-refractivity contribution in [3.63, 3.8) is 0 Å². The van der Waals surface area contributed by atoms with Crippen molar-refractivity contribution < 1.29 is 13.3 Å². The zero-order valence-electron chi connectivity index (χ0n) is 15.5. The summed E-state index contributed by atoms with van der Waals surface area (Å²) < 4.78 is 27.6. The third-order valence-corrected chi connectivity index (χ3v) is 7.84. The average Bonchev–Trinajstić information content (AvgIpc) is 3.12. The zero-order valence-corrected chi connectivity index (χ0v) is 17.1. The van der Waals surface area contributed by atoms with Gasteiger partial charge in [0.1, 0.15) is 0 Å². The van der Waals surface area contributed by atoms with E-state index in [2.05, 4.69) is 20.8 Å². The van der Waals surface area contributed by atoms with Crippen LogP contribution in [0, 0.1) is 10.1 Å². The number of hydrogen-bond acceptors (Lipinski definition) is 5. The molecule has 1 heterocycles. The van der Waals surface area contributed by atoms with Gasteiger partial charge < -0.3 is 0 Å². The molecule has 1 atom stereocenters. The lowest BCUT2D eigenvalue weighted by molar-refractivity contribution is -0.384. The molecule has 0 N–H and O–H groups in total. The first-order chi connectivity index (χ1) is 12.6. The first-order valence-electron chi connectivity index (χ1n) is 8.59. The van der Waals surface area contributed by atoms with E-state index in [0.717, 1.165) is 5.56 Å². The van der Waals surface area contributed by atoms with Gasteiger partial charge in [0, 0.05) is 24.4 Å². The number of benzene rings is 2. The molecule has 0 spiro atoms. The molecular weight excluding hydrogens is 384 g/mol. The van der Waals surface area contributed by atoms with E-state index in [9.17, 15) is 18.5 Å². The molecule has 1 saturated heterocycles. The third kappa shape index (κ3) is 4.02. The highest BCUT2D eigenvalue weighted by atomic mass is 32.2. The van der Waals surface area contributed by atoms with Gasteiger partial charge in [-0.3, -0.25) is 10.1 Å². The number of nitro benzene ring substituents is 1. The lowest BCUT2D eigenvalue weighted by atomic mass is 9.87. The molecular formula is C19H22N2O4S2. The lowest BCUT2D eigenvalue weighted by Crippen LogP contribution is -2.30. The highest BCUT2D eigenvalue weighted by molar-refractivity contribution is 8.01. The lowest BCUT2D eigenvalue weighted by Gasteiger charge is -2.25. The molecule has 0 radical (unpaired) electrons. The third-order valence-electron chi connectivity index (χ3n) is 4.56. The summed E-state index contributed by atoms with van der Waals surface area (Å²) in [6, 6.07) is 13.1. The van der Waals surface area contributed by atoms with Gasteiger partial charge in [-0.15, -0.1) is 11.8 Å². The van der Waals surface area contributed by atoms with Gasteiger partial charge in [-0.1, -0.05) is 45.0 Å². The monoisotopic (exact) mass is 406 g/mol. The van der Waals surface area contributed by atoms with Gasteiger partial charge in [0.15, 0.2) is 0 Å². The molecule has 0 aromatic heterocycles.